The number of nitrogens with two attached hydrogens (primary N) is 1. The van der Waals surface area contributed by atoms with Crippen LogP contribution in [0, 0.1) is 0 Å². The summed E-state index contributed by atoms with van der Waals surface area (Å²) in [5.74, 6) is -0.324. The molecule has 0 fully saturated rings. The number of aryl methyl sites for hydroxylation is 1. The van der Waals surface area contributed by atoms with Crippen molar-refractivity contribution in [3.05, 3.63) is 17.0 Å². The summed E-state index contributed by atoms with van der Waals surface area (Å²) in [4.78, 5) is 11.7. The Labute approximate surface area is 94.6 Å². The Balaban J connectivity index is 2.35. The Bertz CT molecular complexity index is 412. The molecule has 16 heavy (non-hydrogen) atoms. The lowest BCUT2D eigenvalue weighted by Gasteiger charge is -2.18. The van der Waals surface area contributed by atoms with Gasteiger partial charge in [0.05, 0.1) is 6.61 Å². The highest BCUT2D eigenvalue weighted by Crippen LogP contribution is 2.23. The van der Waals surface area contributed by atoms with Crippen LogP contribution in [0.1, 0.15) is 35.1 Å². The fraction of sp³-hybridized carbons (Fsp3) is 0.636. The zero-order valence-electron chi connectivity index (χ0n) is 9.69. The second-order valence-electron chi connectivity index (χ2n) is 4.12. The van der Waals surface area contributed by atoms with Crippen molar-refractivity contribution in [3.8, 4) is 0 Å². The number of carbonyl (C=O) groups is 1. The number of rotatable bonds is 2. The molecule has 0 radical (unpaired) electrons. The van der Waals surface area contributed by atoms with Crippen LogP contribution in [0.25, 0.3) is 0 Å². The van der Waals surface area contributed by atoms with Gasteiger partial charge in [-0.3, -0.25) is 4.68 Å². The molecule has 1 aromatic rings. The number of carbonyl (C=O) groups excluding carboxylic acids is 1. The Morgan fingerprint density at radius 1 is 1.69 bits per heavy atom. The average molecular weight is 223 g/mol. The molecule has 0 spiro atoms. The van der Waals surface area contributed by atoms with E-state index in [1.807, 2.05) is 7.05 Å². The molecule has 1 aliphatic rings. The molecule has 88 valence electrons. The van der Waals surface area contributed by atoms with E-state index >= 15 is 0 Å². The molecule has 0 aliphatic heterocycles. The molecule has 0 amide bonds. The van der Waals surface area contributed by atoms with Gasteiger partial charge in [0.15, 0.2) is 5.69 Å². The van der Waals surface area contributed by atoms with Gasteiger partial charge in [0.25, 0.3) is 0 Å². The highest BCUT2D eigenvalue weighted by molar-refractivity contribution is 5.89. The van der Waals surface area contributed by atoms with Crippen LogP contribution in [-0.2, 0) is 24.6 Å². The summed E-state index contributed by atoms with van der Waals surface area (Å²) >= 11 is 0. The highest BCUT2D eigenvalue weighted by atomic mass is 16.5. The first-order valence-electron chi connectivity index (χ1n) is 5.61. The van der Waals surface area contributed by atoms with Gasteiger partial charge < -0.3 is 10.5 Å². The molecule has 1 aromatic heterocycles. The molecule has 1 atom stereocenters. The lowest BCUT2D eigenvalue weighted by molar-refractivity contribution is 0.0517. The molecule has 1 aliphatic carbocycles. The zero-order valence-corrected chi connectivity index (χ0v) is 9.69. The standard InChI is InChI=1S/C11H17N3O2/c1-3-16-11(15)10-8-5-4-7(12)6-9(8)14(2)13-10/h7H,3-6,12H2,1-2H3. The summed E-state index contributed by atoms with van der Waals surface area (Å²) in [7, 11) is 1.85. The fourth-order valence-electron chi connectivity index (χ4n) is 2.16. The van der Waals surface area contributed by atoms with Crippen molar-refractivity contribution >= 4 is 5.97 Å². The molecule has 5 nitrogen and oxygen atoms in total. The number of hydrogen-bond donors (Lipinski definition) is 1. The number of nitrogens with zero attached hydrogens (tertiary/aromatic N) is 2. The third kappa shape index (κ3) is 1.82. The van der Waals surface area contributed by atoms with Crippen LogP contribution >= 0.6 is 0 Å². The third-order valence-corrected chi connectivity index (χ3v) is 2.96. The van der Waals surface area contributed by atoms with Crippen LogP contribution in [0.2, 0.25) is 0 Å². The van der Waals surface area contributed by atoms with E-state index < -0.39 is 0 Å². The van der Waals surface area contributed by atoms with Gasteiger partial charge in [0.2, 0.25) is 0 Å². The first-order valence-corrected chi connectivity index (χ1v) is 5.61. The average Bonchev–Trinajstić information content (AvgIpc) is 2.56. The van der Waals surface area contributed by atoms with Crippen LogP contribution in [0.3, 0.4) is 0 Å². The van der Waals surface area contributed by atoms with E-state index in [9.17, 15) is 4.79 Å². The Hall–Kier alpha value is -1.36. The van der Waals surface area contributed by atoms with Gasteiger partial charge in [-0.25, -0.2) is 4.79 Å². The first kappa shape index (κ1) is 11.1. The van der Waals surface area contributed by atoms with E-state index in [0.717, 1.165) is 30.5 Å². The van der Waals surface area contributed by atoms with E-state index in [1.165, 1.54) is 0 Å². The van der Waals surface area contributed by atoms with Crippen LogP contribution in [0.4, 0.5) is 0 Å². The predicted molar refractivity (Wildman–Crippen MR) is 59.2 cm³/mol. The summed E-state index contributed by atoms with van der Waals surface area (Å²) in [5.41, 5.74) is 8.46. The topological polar surface area (TPSA) is 70.1 Å². The van der Waals surface area contributed by atoms with E-state index in [-0.39, 0.29) is 12.0 Å². The minimum absolute atomic E-state index is 0.179. The van der Waals surface area contributed by atoms with E-state index in [1.54, 1.807) is 11.6 Å². The van der Waals surface area contributed by atoms with Crippen molar-refractivity contribution in [1.82, 2.24) is 9.78 Å². The smallest absolute Gasteiger partial charge is 0.359 e. The molecular weight excluding hydrogens is 206 g/mol. The van der Waals surface area contributed by atoms with Gasteiger partial charge >= 0.3 is 5.97 Å². The monoisotopic (exact) mass is 223 g/mol. The molecule has 2 N–H and O–H groups in total. The molecule has 2 rings (SSSR count). The Morgan fingerprint density at radius 2 is 2.44 bits per heavy atom. The summed E-state index contributed by atoms with van der Waals surface area (Å²) in [5, 5.41) is 4.23. The fourth-order valence-corrected chi connectivity index (χ4v) is 2.16. The molecule has 1 heterocycles. The number of ether oxygens (including phenoxy) is 1. The second-order valence-corrected chi connectivity index (χ2v) is 4.12. The Morgan fingerprint density at radius 3 is 3.12 bits per heavy atom. The quantitative estimate of drug-likeness (QED) is 0.737. The summed E-state index contributed by atoms with van der Waals surface area (Å²) < 4.78 is 6.74. The van der Waals surface area contributed by atoms with E-state index in [4.69, 9.17) is 10.5 Å². The molecule has 0 saturated heterocycles. The SMILES string of the molecule is CCOC(=O)c1nn(C)c2c1CCC(N)C2. The maximum atomic E-state index is 11.7. The second kappa shape index (κ2) is 4.25. The summed E-state index contributed by atoms with van der Waals surface area (Å²) in [6.07, 6.45) is 2.52. The number of hydrogen-bond acceptors (Lipinski definition) is 4. The largest absolute Gasteiger partial charge is 0.461 e. The normalized spacial score (nSPS) is 19.3. The lowest BCUT2D eigenvalue weighted by Crippen LogP contribution is -2.29. The van der Waals surface area contributed by atoms with Crippen LogP contribution in [0.5, 0.6) is 0 Å². The van der Waals surface area contributed by atoms with Crippen LogP contribution in [0.15, 0.2) is 0 Å². The molecule has 0 bridgehead atoms. The number of fused-ring (bicyclic) bond motifs is 1. The van der Waals surface area contributed by atoms with Gasteiger partial charge in [0.1, 0.15) is 0 Å². The van der Waals surface area contributed by atoms with Gasteiger partial charge in [-0.1, -0.05) is 0 Å². The van der Waals surface area contributed by atoms with Crippen molar-refractivity contribution in [2.75, 3.05) is 6.61 Å². The third-order valence-electron chi connectivity index (χ3n) is 2.96. The highest BCUT2D eigenvalue weighted by Gasteiger charge is 2.27. The van der Waals surface area contributed by atoms with Gasteiger partial charge in [0, 0.05) is 30.8 Å². The number of aromatic nitrogens is 2. The van der Waals surface area contributed by atoms with Crippen LogP contribution < -0.4 is 5.73 Å². The maximum absolute atomic E-state index is 11.7. The Kier molecular flexibility index (Phi) is 2.96. The van der Waals surface area contributed by atoms with Crippen molar-refractivity contribution < 1.29 is 9.53 Å². The predicted octanol–water partition coefficient (Wildman–Crippen LogP) is 0.413. The maximum Gasteiger partial charge on any atom is 0.359 e. The summed E-state index contributed by atoms with van der Waals surface area (Å²) in [6.45, 7) is 2.17. The lowest BCUT2D eigenvalue weighted by atomic mass is 9.92. The van der Waals surface area contributed by atoms with E-state index in [0.29, 0.717) is 12.3 Å². The van der Waals surface area contributed by atoms with Gasteiger partial charge in [-0.15, -0.1) is 0 Å². The molecule has 0 saturated carbocycles. The van der Waals surface area contributed by atoms with Crippen molar-refractivity contribution in [2.24, 2.45) is 12.8 Å². The molecule has 0 aromatic carbocycles. The molecular formula is C11H17N3O2. The zero-order chi connectivity index (χ0) is 11.7. The molecule has 1 unspecified atom stereocenters. The van der Waals surface area contributed by atoms with Crippen molar-refractivity contribution in [2.45, 2.75) is 32.2 Å². The van der Waals surface area contributed by atoms with E-state index in [2.05, 4.69) is 5.10 Å². The summed E-state index contributed by atoms with van der Waals surface area (Å²) in [6, 6.07) is 0.179. The van der Waals surface area contributed by atoms with Gasteiger partial charge in [-0.2, -0.15) is 5.10 Å². The van der Waals surface area contributed by atoms with Crippen molar-refractivity contribution in [3.63, 3.8) is 0 Å². The van der Waals surface area contributed by atoms with Crippen molar-refractivity contribution in [1.29, 1.82) is 0 Å². The first-order chi connectivity index (χ1) is 7.63. The minimum atomic E-state index is -0.324. The minimum Gasteiger partial charge on any atom is -0.461 e. The van der Waals surface area contributed by atoms with Gasteiger partial charge in [-0.05, 0) is 19.8 Å². The molecule has 5 heteroatoms. The number of esters is 1. The van der Waals surface area contributed by atoms with Crippen LogP contribution in [-0.4, -0.2) is 28.4 Å².